The molecule has 0 heterocycles. The molecular formula is C24H40O4. The molecule has 160 valence electrons. The molecule has 0 aliphatic heterocycles. The van der Waals surface area contributed by atoms with Crippen molar-refractivity contribution < 1.29 is 20.1 Å². The number of hydrogen-bond donors (Lipinski definition) is 3. The zero-order valence-electron chi connectivity index (χ0n) is 17.9. The number of carboxylic acid groups (broad SMARTS) is 1. The molecule has 28 heavy (non-hydrogen) atoms. The summed E-state index contributed by atoms with van der Waals surface area (Å²) in [6.45, 7) is 7.16. The summed E-state index contributed by atoms with van der Waals surface area (Å²) in [6.07, 6.45) is 9.19. The summed E-state index contributed by atoms with van der Waals surface area (Å²) >= 11 is 0. The van der Waals surface area contributed by atoms with Gasteiger partial charge in [-0.1, -0.05) is 20.8 Å². The molecule has 4 heteroatoms. The number of carbonyl (C=O) groups is 1. The number of hydrogen-bond acceptors (Lipinski definition) is 3. The molecule has 0 saturated heterocycles. The standard InChI is InChI=1S/C24H40O4/c1-14(4-7-21(27)28)17-5-6-18-22-19(9-11-24(17,18)3)23(2)10-8-16(25)12-15(23)13-20(22)26/h14-20,22,25-26H,4-13H2,1-3H3,(H,27,28)/t14-,15?,16-,17+,18+,19+,20-,22-,23-,24+/m0/s1. The molecule has 0 aromatic rings. The second-order valence-electron chi connectivity index (χ2n) is 11.4. The molecule has 4 nitrogen and oxygen atoms in total. The second kappa shape index (κ2) is 7.27. The fraction of sp³-hybridized carbons (Fsp3) is 0.958. The van der Waals surface area contributed by atoms with E-state index in [0.29, 0.717) is 35.5 Å². The second-order valence-corrected chi connectivity index (χ2v) is 11.4. The first-order chi connectivity index (χ1) is 13.2. The zero-order chi connectivity index (χ0) is 20.3. The fourth-order valence-corrected chi connectivity index (χ4v) is 8.73. The maximum absolute atomic E-state index is 11.2. The van der Waals surface area contributed by atoms with Crippen molar-refractivity contribution in [3.05, 3.63) is 0 Å². The third-order valence-corrected chi connectivity index (χ3v) is 10.2. The van der Waals surface area contributed by atoms with Crippen molar-refractivity contribution in [3.63, 3.8) is 0 Å². The normalized spacial score (nSPS) is 51.7. The van der Waals surface area contributed by atoms with Crippen LogP contribution in [0.1, 0.15) is 85.0 Å². The minimum absolute atomic E-state index is 0.179. The molecule has 0 aromatic heterocycles. The first kappa shape index (κ1) is 20.7. The molecular weight excluding hydrogens is 352 g/mol. The van der Waals surface area contributed by atoms with Crippen LogP contribution in [0.4, 0.5) is 0 Å². The molecule has 0 bridgehead atoms. The quantitative estimate of drug-likeness (QED) is 0.659. The van der Waals surface area contributed by atoms with Gasteiger partial charge in [0.05, 0.1) is 12.2 Å². The SMILES string of the molecule is C[C@@H](CCC(=O)O)[C@H]1CC[C@@H]2[C@H]3[C@@H](CC[C@@]21C)[C@@]1(C)CC[C@H](O)CC1C[C@@H]3O. The minimum Gasteiger partial charge on any atom is -0.481 e. The summed E-state index contributed by atoms with van der Waals surface area (Å²) in [4.78, 5) is 11.1. The lowest BCUT2D eigenvalue weighted by Crippen LogP contribution is -2.58. The van der Waals surface area contributed by atoms with Crippen LogP contribution in [0.5, 0.6) is 0 Å². The zero-order valence-corrected chi connectivity index (χ0v) is 17.9. The Bertz CT molecular complexity index is 605. The van der Waals surface area contributed by atoms with Crippen molar-refractivity contribution >= 4 is 5.97 Å². The average molecular weight is 393 g/mol. The molecule has 0 amide bonds. The van der Waals surface area contributed by atoms with E-state index in [4.69, 9.17) is 5.11 Å². The maximum atomic E-state index is 11.2. The van der Waals surface area contributed by atoms with Crippen molar-refractivity contribution in [2.75, 3.05) is 0 Å². The molecule has 4 aliphatic carbocycles. The number of aliphatic hydroxyl groups is 2. The predicted octanol–water partition coefficient (Wildman–Crippen LogP) is 4.48. The highest BCUT2D eigenvalue weighted by Gasteiger charge is 2.62. The van der Waals surface area contributed by atoms with Crippen LogP contribution in [0.15, 0.2) is 0 Å². The van der Waals surface area contributed by atoms with E-state index in [9.17, 15) is 15.0 Å². The third-order valence-electron chi connectivity index (χ3n) is 10.2. The molecule has 0 radical (unpaired) electrons. The lowest BCUT2D eigenvalue weighted by Gasteiger charge is -2.62. The van der Waals surface area contributed by atoms with Crippen molar-refractivity contribution in [3.8, 4) is 0 Å². The monoisotopic (exact) mass is 392 g/mol. The van der Waals surface area contributed by atoms with E-state index >= 15 is 0 Å². The van der Waals surface area contributed by atoms with E-state index in [2.05, 4.69) is 20.8 Å². The van der Waals surface area contributed by atoms with Crippen LogP contribution < -0.4 is 0 Å². The van der Waals surface area contributed by atoms with Crippen LogP contribution in [0.25, 0.3) is 0 Å². The number of aliphatic carboxylic acids is 1. The van der Waals surface area contributed by atoms with Gasteiger partial charge in [0.1, 0.15) is 0 Å². The fourth-order valence-electron chi connectivity index (χ4n) is 8.73. The molecule has 4 rings (SSSR count). The van der Waals surface area contributed by atoms with E-state index in [-0.39, 0.29) is 29.5 Å². The predicted molar refractivity (Wildman–Crippen MR) is 109 cm³/mol. The Morgan fingerprint density at radius 3 is 2.39 bits per heavy atom. The Labute approximate surface area is 170 Å². The van der Waals surface area contributed by atoms with Crippen molar-refractivity contribution in [2.45, 2.75) is 97.2 Å². The van der Waals surface area contributed by atoms with Crippen LogP contribution in [-0.2, 0) is 4.79 Å². The smallest absolute Gasteiger partial charge is 0.303 e. The number of carboxylic acids is 1. The van der Waals surface area contributed by atoms with Crippen LogP contribution in [-0.4, -0.2) is 33.5 Å². The molecule has 4 fully saturated rings. The maximum Gasteiger partial charge on any atom is 0.303 e. The Balaban J connectivity index is 1.55. The molecule has 3 N–H and O–H groups in total. The van der Waals surface area contributed by atoms with Gasteiger partial charge in [0.15, 0.2) is 0 Å². The summed E-state index contributed by atoms with van der Waals surface area (Å²) in [5.41, 5.74) is 0.523. The summed E-state index contributed by atoms with van der Waals surface area (Å²) < 4.78 is 0. The number of rotatable bonds is 4. The number of fused-ring (bicyclic) bond motifs is 5. The third kappa shape index (κ3) is 3.14. The summed E-state index contributed by atoms with van der Waals surface area (Å²) in [7, 11) is 0. The highest BCUT2D eigenvalue weighted by atomic mass is 16.4. The topological polar surface area (TPSA) is 77.8 Å². The molecule has 1 unspecified atom stereocenters. The van der Waals surface area contributed by atoms with E-state index in [1.807, 2.05) is 0 Å². The largest absolute Gasteiger partial charge is 0.481 e. The van der Waals surface area contributed by atoms with Crippen LogP contribution in [0.2, 0.25) is 0 Å². The van der Waals surface area contributed by atoms with E-state index in [1.165, 1.54) is 25.7 Å². The Morgan fingerprint density at radius 1 is 1.00 bits per heavy atom. The minimum atomic E-state index is -0.684. The van der Waals surface area contributed by atoms with Gasteiger partial charge in [-0.3, -0.25) is 4.79 Å². The van der Waals surface area contributed by atoms with Gasteiger partial charge < -0.3 is 15.3 Å². The highest BCUT2D eigenvalue weighted by Crippen LogP contribution is 2.68. The first-order valence-corrected chi connectivity index (χ1v) is 11.7. The van der Waals surface area contributed by atoms with Crippen molar-refractivity contribution in [2.24, 2.45) is 46.3 Å². The average Bonchev–Trinajstić information content (AvgIpc) is 2.98. The molecule has 4 saturated carbocycles. The molecule has 0 aromatic carbocycles. The van der Waals surface area contributed by atoms with Gasteiger partial charge in [0.2, 0.25) is 0 Å². The summed E-state index contributed by atoms with van der Waals surface area (Å²) in [5.74, 6) is 2.36. The van der Waals surface area contributed by atoms with Gasteiger partial charge in [-0.25, -0.2) is 0 Å². The van der Waals surface area contributed by atoms with Gasteiger partial charge >= 0.3 is 5.97 Å². The first-order valence-electron chi connectivity index (χ1n) is 11.7. The lowest BCUT2D eigenvalue weighted by atomic mass is 9.43. The van der Waals surface area contributed by atoms with Crippen LogP contribution in [0, 0.1) is 46.3 Å². The van der Waals surface area contributed by atoms with Gasteiger partial charge in [-0.05, 0) is 104 Å². The Morgan fingerprint density at radius 2 is 1.68 bits per heavy atom. The summed E-state index contributed by atoms with van der Waals surface area (Å²) in [6, 6.07) is 0. The van der Waals surface area contributed by atoms with E-state index < -0.39 is 5.97 Å². The Kier molecular flexibility index (Phi) is 5.36. The number of aliphatic hydroxyl groups excluding tert-OH is 2. The Hall–Kier alpha value is -0.610. The lowest BCUT2D eigenvalue weighted by molar-refractivity contribution is -0.174. The van der Waals surface area contributed by atoms with Crippen molar-refractivity contribution in [1.82, 2.24) is 0 Å². The van der Waals surface area contributed by atoms with Crippen molar-refractivity contribution in [1.29, 1.82) is 0 Å². The summed E-state index contributed by atoms with van der Waals surface area (Å²) in [5, 5.41) is 30.5. The van der Waals surface area contributed by atoms with Crippen LogP contribution >= 0.6 is 0 Å². The molecule has 0 spiro atoms. The van der Waals surface area contributed by atoms with E-state index in [0.717, 1.165) is 32.1 Å². The molecule has 4 aliphatic rings. The van der Waals surface area contributed by atoms with E-state index in [1.54, 1.807) is 0 Å². The van der Waals surface area contributed by atoms with Gasteiger partial charge in [0.25, 0.3) is 0 Å². The van der Waals surface area contributed by atoms with Gasteiger partial charge in [-0.15, -0.1) is 0 Å². The van der Waals surface area contributed by atoms with Gasteiger partial charge in [-0.2, -0.15) is 0 Å². The highest BCUT2D eigenvalue weighted by molar-refractivity contribution is 5.66. The van der Waals surface area contributed by atoms with Crippen LogP contribution in [0.3, 0.4) is 0 Å². The molecule has 10 atom stereocenters. The van der Waals surface area contributed by atoms with Gasteiger partial charge in [0, 0.05) is 6.42 Å².